The van der Waals surface area contributed by atoms with E-state index in [2.05, 4.69) is 115 Å². The number of aliphatic imine (C=N–C) groups is 1. The van der Waals surface area contributed by atoms with E-state index < -0.39 is 0 Å². The van der Waals surface area contributed by atoms with Gasteiger partial charge in [0, 0.05) is 32.0 Å². The molecule has 0 aliphatic rings. The Balaban J connectivity index is 1.35. The lowest BCUT2D eigenvalue weighted by atomic mass is 9.94. The van der Waals surface area contributed by atoms with Crippen molar-refractivity contribution in [3.63, 3.8) is 0 Å². The third-order valence-corrected chi connectivity index (χ3v) is 7.90. The molecule has 0 N–H and O–H groups in total. The van der Waals surface area contributed by atoms with Gasteiger partial charge in [0.25, 0.3) is 0 Å². The van der Waals surface area contributed by atoms with Gasteiger partial charge in [-0.25, -0.2) is 0 Å². The summed E-state index contributed by atoms with van der Waals surface area (Å²) in [5.41, 5.74) is 2.43. The average molecular weight is 452 g/mol. The second-order valence-corrected chi connectivity index (χ2v) is 9.88. The fraction of sp³-hybridized carbons (Fsp3) is 0.0312. The Morgan fingerprint density at radius 2 is 1.26 bits per heavy atom. The van der Waals surface area contributed by atoms with Crippen LogP contribution < -0.4 is 0 Å². The van der Waals surface area contributed by atoms with E-state index in [0.29, 0.717) is 6.54 Å². The number of rotatable bonds is 3. The second-order valence-electron chi connectivity index (χ2n) is 8.79. The molecule has 0 saturated heterocycles. The zero-order valence-corrected chi connectivity index (χ0v) is 19.3. The normalized spacial score (nSPS) is 12.1. The molecule has 0 atom stereocenters. The minimum atomic E-state index is 0.665. The molecule has 0 aliphatic carbocycles. The molecule has 7 rings (SSSR count). The minimum Gasteiger partial charge on any atom is -0.288 e. The van der Waals surface area contributed by atoms with Crippen LogP contribution in [0.1, 0.15) is 11.1 Å². The SMILES string of the molecule is C(=N\Cc1ccc2sc3ccccc3c2c1)/c1c2ccccc2cc2c1ccc1ccccc12. The highest BCUT2D eigenvalue weighted by molar-refractivity contribution is 7.25. The first-order valence-corrected chi connectivity index (χ1v) is 12.4. The lowest BCUT2D eigenvalue weighted by molar-refractivity contribution is 1.08. The molecular formula is C32H21NS. The molecule has 0 unspecified atom stereocenters. The molecule has 2 heteroatoms. The van der Waals surface area contributed by atoms with Crippen LogP contribution in [-0.2, 0) is 6.54 Å². The quantitative estimate of drug-likeness (QED) is 0.144. The first-order valence-electron chi connectivity index (χ1n) is 11.6. The minimum absolute atomic E-state index is 0.665. The topological polar surface area (TPSA) is 12.4 Å². The van der Waals surface area contributed by atoms with Crippen LogP contribution in [0.2, 0.25) is 0 Å². The number of hydrogen-bond acceptors (Lipinski definition) is 2. The number of benzene rings is 6. The van der Waals surface area contributed by atoms with Gasteiger partial charge in [-0.1, -0.05) is 84.9 Å². The molecule has 1 nitrogen and oxygen atoms in total. The molecule has 0 radical (unpaired) electrons. The average Bonchev–Trinajstić information content (AvgIpc) is 3.26. The summed E-state index contributed by atoms with van der Waals surface area (Å²) in [6.07, 6.45) is 2.08. The van der Waals surface area contributed by atoms with Crippen LogP contribution in [0.5, 0.6) is 0 Å². The Morgan fingerprint density at radius 3 is 2.18 bits per heavy atom. The van der Waals surface area contributed by atoms with Gasteiger partial charge in [-0.3, -0.25) is 4.99 Å². The molecule has 1 heterocycles. The van der Waals surface area contributed by atoms with Crippen molar-refractivity contribution in [3.05, 3.63) is 120 Å². The summed E-state index contributed by atoms with van der Waals surface area (Å²) in [5.74, 6) is 0. The van der Waals surface area contributed by atoms with E-state index >= 15 is 0 Å². The van der Waals surface area contributed by atoms with Crippen molar-refractivity contribution in [2.75, 3.05) is 0 Å². The van der Waals surface area contributed by atoms with Crippen LogP contribution in [0, 0.1) is 0 Å². The molecule has 34 heavy (non-hydrogen) atoms. The highest BCUT2D eigenvalue weighted by Crippen LogP contribution is 2.35. The Morgan fingerprint density at radius 1 is 0.529 bits per heavy atom. The van der Waals surface area contributed by atoms with Gasteiger partial charge in [0.1, 0.15) is 0 Å². The number of thiophene rings is 1. The van der Waals surface area contributed by atoms with E-state index in [9.17, 15) is 0 Å². The van der Waals surface area contributed by atoms with Crippen molar-refractivity contribution >= 4 is 70.0 Å². The molecule has 7 aromatic rings. The summed E-state index contributed by atoms with van der Waals surface area (Å²) in [4.78, 5) is 4.94. The molecule has 0 fully saturated rings. The van der Waals surface area contributed by atoms with Gasteiger partial charge < -0.3 is 0 Å². The first-order chi connectivity index (χ1) is 16.8. The van der Waals surface area contributed by atoms with Gasteiger partial charge in [0.2, 0.25) is 0 Å². The molecule has 0 bridgehead atoms. The third-order valence-electron chi connectivity index (χ3n) is 6.75. The number of hydrogen-bond donors (Lipinski definition) is 0. The summed E-state index contributed by atoms with van der Waals surface area (Å²) < 4.78 is 2.67. The Hall–Kier alpha value is -4.01. The molecule has 1 aromatic heterocycles. The van der Waals surface area contributed by atoms with Crippen LogP contribution in [-0.4, -0.2) is 6.21 Å². The molecule has 6 aromatic carbocycles. The molecule has 0 amide bonds. The van der Waals surface area contributed by atoms with E-state index in [4.69, 9.17) is 4.99 Å². The summed E-state index contributed by atoms with van der Waals surface area (Å²) in [6, 6.07) is 39.4. The zero-order chi connectivity index (χ0) is 22.5. The van der Waals surface area contributed by atoms with Crippen molar-refractivity contribution in [3.8, 4) is 0 Å². The smallest absolute Gasteiger partial charge is 0.0640 e. The summed E-state index contributed by atoms with van der Waals surface area (Å²) in [7, 11) is 0. The second kappa shape index (κ2) is 7.79. The summed E-state index contributed by atoms with van der Waals surface area (Å²) >= 11 is 1.86. The van der Waals surface area contributed by atoms with Crippen LogP contribution in [0.4, 0.5) is 0 Å². The van der Waals surface area contributed by atoms with Gasteiger partial charge in [-0.2, -0.15) is 0 Å². The number of nitrogens with zero attached hydrogens (tertiary/aromatic N) is 1. The van der Waals surface area contributed by atoms with Gasteiger partial charge in [-0.05, 0) is 62.1 Å². The first kappa shape index (κ1) is 19.5. The maximum Gasteiger partial charge on any atom is 0.0640 e. The van der Waals surface area contributed by atoms with E-state index in [0.717, 1.165) is 0 Å². The Kier molecular flexibility index (Phi) is 4.46. The van der Waals surface area contributed by atoms with Crippen LogP contribution in [0.3, 0.4) is 0 Å². The van der Waals surface area contributed by atoms with Crippen LogP contribution in [0.15, 0.2) is 114 Å². The Labute approximate surface area is 201 Å². The van der Waals surface area contributed by atoms with E-state index in [1.165, 1.54) is 63.6 Å². The van der Waals surface area contributed by atoms with Crippen molar-refractivity contribution in [2.24, 2.45) is 4.99 Å². The third kappa shape index (κ3) is 3.11. The summed E-state index contributed by atoms with van der Waals surface area (Å²) in [6.45, 7) is 0.665. The zero-order valence-electron chi connectivity index (χ0n) is 18.5. The van der Waals surface area contributed by atoms with Crippen molar-refractivity contribution in [1.29, 1.82) is 0 Å². The van der Waals surface area contributed by atoms with Gasteiger partial charge in [0.05, 0.1) is 6.54 Å². The lowest BCUT2D eigenvalue weighted by Gasteiger charge is -2.11. The lowest BCUT2D eigenvalue weighted by Crippen LogP contribution is -1.91. The molecule has 0 spiro atoms. The van der Waals surface area contributed by atoms with Crippen molar-refractivity contribution < 1.29 is 0 Å². The molecule has 0 aliphatic heterocycles. The maximum absolute atomic E-state index is 4.94. The largest absolute Gasteiger partial charge is 0.288 e. The van der Waals surface area contributed by atoms with Crippen molar-refractivity contribution in [2.45, 2.75) is 6.54 Å². The van der Waals surface area contributed by atoms with Crippen LogP contribution in [0.25, 0.3) is 52.5 Å². The number of fused-ring (bicyclic) bond motifs is 7. The van der Waals surface area contributed by atoms with Crippen LogP contribution >= 0.6 is 11.3 Å². The predicted octanol–water partition coefficient (Wildman–Crippen LogP) is 9.13. The molecule has 160 valence electrons. The standard InChI is InChI=1S/C32H21NS/c1-3-9-24-22(7-1)14-15-26-28(24)18-23-8-2-4-10-25(23)30(26)20-33-19-21-13-16-32-29(17-21)27-11-5-6-12-31(27)34-32/h1-18,20H,19H2/b33-20+. The highest BCUT2D eigenvalue weighted by Gasteiger charge is 2.09. The maximum atomic E-state index is 4.94. The van der Waals surface area contributed by atoms with E-state index in [-0.39, 0.29) is 0 Å². The predicted molar refractivity (Wildman–Crippen MR) is 150 cm³/mol. The highest BCUT2D eigenvalue weighted by atomic mass is 32.1. The van der Waals surface area contributed by atoms with Gasteiger partial charge >= 0.3 is 0 Å². The van der Waals surface area contributed by atoms with E-state index in [1.54, 1.807) is 0 Å². The molecule has 0 saturated carbocycles. The van der Waals surface area contributed by atoms with Gasteiger partial charge in [0.15, 0.2) is 0 Å². The van der Waals surface area contributed by atoms with Gasteiger partial charge in [-0.15, -0.1) is 11.3 Å². The monoisotopic (exact) mass is 451 g/mol. The summed E-state index contributed by atoms with van der Waals surface area (Å²) in [5, 5.41) is 10.2. The van der Waals surface area contributed by atoms with E-state index in [1.807, 2.05) is 11.3 Å². The fourth-order valence-electron chi connectivity index (χ4n) is 5.11. The fourth-order valence-corrected chi connectivity index (χ4v) is 6.19. The van der Waals surface area contributed by atoms with Crippen molar-refractivity contribution in [1.82, 2.24) is 0 Å². The Bertz CT molecular complexity index is 1890. The molecular weight excluding hydrogens is 430 g/mol.